The fourth-order valence-corrected chi connectivity index (χ4v) is 9.06. The third-order valence-electron chi connectivity index (χ3n) is 10.3. The highest BCUT2D eigenvalue weighted by Gasteiger charge is 2.76. The summed E-state index contributed by atoms with van der Waals surface area (Å²) in [5.41, 5.74) is 1.11. The molecular formula is C22H34O. The van der Waals surface area contributed by atoms with E-state index in [1.807, 2.05) is 6.92 Å². The number of ketones is 1. The van der Waals surface area contributed by atoms with Gasteiger partial charge >= 0.3 is 0 Å². The van der Waals surface area contributed by atoms with Gasteiger partial charge in [-0.05, 0) is 98.7 Å². The van der Waals surface area contributed by atoms with E-state index >= 15 is 0 Å². The molecule has 0 aliphatic heterocycles. The summed E-state index contributed by atoms with van der Waals surface area (Å²) < 4.78 is 0. The number of carbonyl (C=O) groups excluding carboxylic acids is 1. The molecule has 1 nitrogen and oxygen atoms in total. The van der Waals surface area contributed by atoms with E-state index in [-0.39, 0.29) is 5.41 Å². The zero-order valence-corrected chi connectivity index (χ0v) is 15.4. The average Bonchev–Trinajstić information content (AvgIpc) is 3.20. The lowest BCUT2D eigenvalue weighted by atomic mass is 9.44. The molecule has 0 radical (unpaired) electrons. The molecule has 0 bridgehead atoms. The van der Waals surface area contributed by atoms with Gasteiger partial charge in [0.25, 0.3) is 0 Å². The fourth-order valence-electron chi connectivity index (χ4n) is 9.06. The minimum absolute atomic E-state index is 0.118. The number of Topliss-reactive ketones (excluding diaryl/α,β-unsaturated/α-hetero) is 1. The van der Waals surface area contributed by atoms with Crippen molar-refractivity contribution in [2.45, 2.75) is 85.0 Å². The summed E-state index contributed by atoms with van der Waals surface area (Å²) in [5.74, 6) is 5.08. The van der Waals surface area contributed by atoms with Crippen molar-refractivity contribution in [3.05, 3.63) is 0 Å². The second-order valence-electron chi connectivity index (χ2n) is 10.5. The first-order chi connectivity index (χ1) is 10.9. The van der Waals surface area contributed by atoms with Crippen LogP contribution < -0.4 is 0 Å². The Balaban J connectivity index is 1.49. The third-order valence-corrected chi connectivity index (χ3v) is 10.3. The van der Waals surface area contributed by atoms with Gasteiger partial charge in [-0.3, -0.25) is 4.79 Å². The van der Waals surface area contributed by atoms with Crippen molar-refractivity contribution in [2.75, 3.05) is 0 Å². The summed E-state index contributed by atoms with van der Waals surface area (Å²) in [6, 6.07) is 0. The second-order valence-corrected chi connectivity index (χ2v) is 10.5. The van der Waals surface area contributed by atoms with Crippen LogP contribution in [0.25, 0.3) is 0 Å². The third kappa shape index (κ3) is 1.59. The van der Waals surface area contributed by atoms with Crippen LogP contribution in [0, 0.1) is 45.8 Å². The van der Waals surface area contributed by atoms with E-state index in [9.17, 15) is 4.79 Å². The van der Waals surface area contributed by atoms with Crippen molar-refractivity contribution in [3.63, 3.8) is 0 Å². The van der Waals surface area contributed by atoms with Gasteiger partial charge in [0.2, 0.25) is 0 Å². The minimum atomic E-state index is 0.118. The van der Waals surface area contributed by atoms with Crippen molar-refractivity contribution in [2.24, 2.45) is 45.8 Å². The predicted octanol–water partition coefficient (Wildman–Crippen LogP) is 5.62. The van der Waals surface area contributed by atoms with Gasteiger partial charge in [-0.25, -0.2) is 0 Å². The maximum Gasteiger partial charge on any atom is 0.136 e. The van der Waals surface area contributed by atoms with Crippen molar-refractivity contribution in [1.29, 1.82) is 0 Å². The summed E-state index contributed by atoms with van der Waals surface area (Å²) in [6.07, 6.45) is 14.3. The Bertz CT molecular complexity index is 552. The molecule has 0 spiro atoms. The summed E-state index contributed by atoms with van der Waals surface area (Å²) in [6.45, 7) is 7.09. The zero-order chi connectivity index (χ0) is 16.0. The van der Waals surface area contributed by atoms with Gasteiger partial charge in [-0.2, -0.15) is 0 Å². The van der Waals surface area contributed by atoms with E-state index in [0.29, 0.717) is 16.6 Å². The molecule has 1 heteroatoms. The number of fused-ring (bicyclic) bond motifs is 7. The van der Waals surface area contributed by atoms with Gasteiger partial charge in [-0.1, -0.05) is 26.7 Å². The lowest BCUT2D eigenvalue weighted by Gasteiger charge is -2.61. The molecule has 23 heavy (non-hydrogen) atoms. The van der Waals surface area contributed by atoms with E-state index in [4.69, 9.17) is 0 Å². The largest absolute Gasteiger partial charge is 0.299 e. The molecule has 128 valence electrons. The molecule has 8 atom stereocenters. The molecule has 0 amide bonds. The molecule has 0 N–H and O–H groups in total. The fraction of sp³-hybridized carbons (Fsp3) is 0.955. The zero-order valence-electron chi connectivity index (χ0n) is 15.4. The summed E-state index contributed by atoms with van der Waals surface area (Å²) >= 11 is 0. The highest BCUT2D eigenvalue weighted by Crippen LogP contribution is 2.80. The van der Waals surface area contributed by atoms with Gasteiger partial charge in [0.15, 0.2) is 0 Å². The van der Waals surface area contributed by atoms with Crippen molar-refractivity contribution in [3.8, 4) is 0 Å². The van der Waals surface area contributed by atoms with Crippen LogP contribution in [-0.4, -0.2) is 5.78 Å². The van der Waals surface area contributed by atoms with Crippen molar-refractivity contribution in [1.82, 2.24) is 0 Å². The molecule has 0 aromatic carbocycles. The second kappa shape index (κ2) is 4.44. The molecule has 5 aliphatic carbocycles. The smallest absolute Gasteiger partial charge is 0.136 e. The van der Waals surface area contributed by atoms with E-state index < -0.39 is 0 Å². The van der Waals surface area contributed by atoms with Gasteiger partial charge in [0.05, 0.1) is 0 Å². The van der Waals surface area contributed by atoms with Gasteiger partial charge in [0.1, 0.15) is 5.78 Å². The summed E-state index contributed by atoms with van der Waals surface area (Å²) in [7, 11) is 0. The molecule has 0 saturated heterocycles. The molecule has 0 aromatic heterocycles. The first-order valence-electron chi connectivity index (χ1n) is 10.4. The summed E-state index contributed by atoms with van der Waals surface area (Å²) in [5, 5.41) is 0. The van der Waals surface area contributed by atoms with Crippen LogP contribution in [-0.2, 0) is 4.79 Å². The Morgan fingerprint density at radius 1 is 0.913 bits per heavy atom. The highest BCUT2D eigenvalue weighted by molar-refractivity contribution is 5.87. The van der Waals surface area contributed by atoms with Crippen LogP contribution in [0.4, 0.5) is 0 Å². The Morgan fingerprint density at radius 2 is 1.74 bits per heavy atom. The average molecular weight is 315 g/mol. The van der Waals surface area contributed by atoms with Crippen LogP contribution >= 0.6 is 0 Å². The SMILES string of the molecule is CC(=O)[C@@]12CC1C[C@H]1[C@@H]3CCC4CCCC[C@]4(C)[C@H]3CC[C@@]12C. The first kappa shape index (κ1) is 15.0. The Kier molecular flexibility index (Phi) is 2.89. The molecule has 0 heterocycles. The predicted molar refractivity (Wildman–Crippen MR) is 92.9 cm³/mol. The van der Waals surface area contributed by atoms with Crippen molar-refractivity contribution >= 4 is 5.78 Å². The highest BCUT2D eigenvalue weighted by atomic mass is 16.1. The minimum Gasteiger partial charge on any atom is -0.299 e. The Morgan fingerprint density at radius 3 is 2.52 bits per heavy atom. The molecule has 5 rings (SSSR count). The molecule has 5 aliphatic rings. The molecule has 5 saturated carbocycles. The number of rotatable bonds is 1. The van der Waals surface area contributed by atoms with E-state index in [2.05, 4.69) is 13.8 Å². The molecular weight excluding hydrogens is 280 g/mol. The van der Waals surface area contributed by atoms with Gasteiger partial charge in [-0.15, -0.1) is 0 Å². The maximum absolute atomic E-state index is 12.5. The lowest BCUT2D eigenvalue weighted by Crippen LogP contribution is -2.54. The van der Waals surface area contributed by atoms with Crippen LogP contribution in [0.2, 0.25) is 0 Å². The van der Waals surface area contributed by atoms with Crippen LogP contribution in [0.1, 0.15) is 85.0 Å². The first-order valence-corrected chi connectivity index (χ1v) is 10.4. The maximum atomic E-state index is 12.5. The van der Waals surface area contributed by atoms with E-state index in [0.717, 1.165) is 29.6 Å². The number of hydrogen-bond acceptors (Lipinski definition) is 1. The Hall–Kier alpha value is -0.330. The molecule has 0 aromatic rings. The molecule has 5 fully saturated rings. The number of hydrogen-bond donors (Lipinski definition) is 0. The monoisotopic (exact) mass is 314 g/mol. The topological polar surface area (TPSA) is 17.1 Å². The molecule has 2 unspecified atom stereocenters. The number of carbonyl (C=O) groups is 1. The quantitative estimate of drug-likeness (QED) is 0.613. The standard InChI is InChI=1S/C22H34O/c1-14(23)22-13-16(22)12-19-17-8-7-15-6-4-5-10-20(15,2)18(17)9-11-21(19,22)3/h15-19H,4-13H2,1-3H3/t15?,16?,17-,18+,19+,20+,21+,22+/m1/s1. The Labute approximate surface area is 142 Å². The van der Waals surface area contributed by atoms with Gasteiger partial charge < -0.3 is 0 Å². The van der Waals surface area contributed by atoms with Crippen LogP contribution in [0.3, 0.4) is 0 Å². The van der Waals surface area contributed by atoms with Crippen molar-refractivity contribution < 1.29 is 4.79 Å². The lowest BCUT2D eigenvalue weighted by molar-refractivity contribution is -0.140. The van der Waals surface area contributed by atoms with Crippen LogP contribution in [0.15, 0.2) is 0 Å². The van der Waals surface area contributed by atoms with E-state index in [1.165, 1.54) is 64.2 Å². The normalized spacial score (nSPS) is 60.2. The summed E-state index contributed by atoms with van der Waals surface area (Å²) in [4.78, 5) is 12.5. The van der Waals surface area contributed by atoms with E-state index in [1.54, 1.807) is 0 Å². The van der Waals surface area contributed by atoms with Crippen LogP contribution in [0.5, 0.6) is 0 Å². The van der Waals surface area contributed by atoms with Gasteiger partial charge in [0, 0.05) is 5.41 Å².